The predicted octanol–water partition coefficient (Wildman–Crippen LogP) is 4.43. The molecule has 3 aromatic rings. The fourth-order valence-electron chi connectivity index (χ4n) is 4.80. The number of benzene rings is 2. The average molecular weight is 491 g/mol. The minimum Gasteiger partial charge on any atom is -0.454 e. The Morgan fingerprint density at radius 2 is 1.71 bits per heavy atom. The Morgan fingerprint density at radius 1 is 1.00 bits per heavy atom. The number of hydrogen-bond acceptors (Lipinski definition) is 6. The zero-order chi connectivity index (χ0) is 24.4. The van der Waals surface area contributed by atoms with Crippen molar-refractivity contribution >= 4 is 29.4 Å². The molecule has 1 saturated heterocycles. The number of anilines is 1. The van der Waals surface area contributed by atoms with Crippen molar-refractivity contribution in [2.45, 2.75) is 31.8 Å². The molecule has 0 radical (unpaired) electrons. The molecule has 5 rings (SSSR count). The van der Waals surface area contributed by atoms with Gasteiger partial charge in [0.15, 0.2) is 0 Å². The number of ether oxygens (including phenoxy) is 1. The Bertz CT molecular complexity index is 1210. The smallest absolute Gasteiger partial charge is 0.338 e. The average Bonchev–Trinajstić information content (AvgIpc) is 2.89. The number of halogens is 1. The number of amides is 1. The second kappa shape index (κ2) is 10.0. The molecule has 35 heavy (non-hydrogen) atoms. The van der Waals surface area contributed by atoms with Gasteiger partial charge in [-0.3, -0.25) is 4.79 Å². The lowest BCUT2D eigenvalue weighted by Gasteiger charge is -2.35. The van der Waals surface area contributed by atoms with Crippen molar-refractivity contribution < 1.29 is 14.3 Å². The first kappa shape index (κ1) is 23.3. The largest absolute Gasteiger partial charge is 0.454 e. The summed E-state index contributed by atoms with van der Waals surface area (Å²) in [4.78, 5) is 38.1. The van der Waals surface area contributed by atoms with Crippen LogP contribution in [0.2, 0.25) is 5.02 Å². The van der Waals surface area contributed by atoms with Gasteiger partial charge in [-0.1, -0.05) is 41.9 Å². The first-order chi connectivity index (χ1) is 17.0. The molecule has 0 N–H and O–H groups in total. The SMILES string of the molecule is CC(=O)N1CCN(c2ncc3c(n2)CC(c2ccc(Cl)cc2)CC3OC(=O)c2ccccc2)CC1. The van der Waals surface area contributed by atoms with Gasteiger partial charge in [-0.05, 0) is 48.6 Å². The third kappa shape index (κ3) is 5.15. The summed E-state index contributed by atoms with van der Waals surface area (Å²) in [6, 6.07) is 16.8. The summed E-state index contributed by atoms with van der Waals surface area (Å²) in [5.41, 5.74) is 3.39. The highest BCUT2D eigenvalue weighted by atomic mass is 35.5. The van der Waals surface area contributed by atoms with Gasteiger partial charge in [-0.2, -0.15) is 0 Å². The summed E-state index contributed by atoms with van der Waals surface area (Å²) in [6.45, 7) is 4.27. The number of rotatable bonds is 4. The van der Waals surface area contributed by atoms with Crippen LogP contribution in [-0.2, 0) is 16.0 Å². The van der Waals surface area contributed by atoms with Crippen LogP contribution in [0.4, 0.5) is 5.95 Å². The molecule has 0 bridgehead atoms. The van der Waals surface area contributed by atoms with Crippen LogP contribution in [0.1, 0.15) is 52.5 Å². The van der Waals surface area contributed by atoms with E-state index in [1.54, 1.807) is 25.3 Å². The zero-order valence-electron chi connectivity index (χ0n) is 19.6. The fraction of sp³-hybridized carbons (Fsp3) is 0.333. The molecular formula is C27H27ClN4O3. The number of aromatic nitrogens is 2. The van der Waals surface area contributed by atoms with E-state index in [1.807, 2.05) is 47.4 Å². The van der Waals surface area contributed by atoms with Crippen LogP contribution < -0.4 is 4.90 Å². The van der Waals surface area contributed by atoms with Crippen LogP contribution in [0.5, 0.6) is 0 Å². The predicted molar refractivity (Wildman–Crippen MR) is 134 cm³/mol. The van der Waals surface area contributed by atoms with Gasteiger partial charge in [0, 0.05) is 49.9 Å². The third-order valence-electron chi connectivity index (χ3n) is 6.78. The monoisotopic (exact) mass is 490 g/mol. The normalized spacial score (nSPS) is 19.7. The lowest BCUT2D eigenvalue weighted by atomic mass is 9.81. The topological polar surface area (TPSA) is 75.6 Å². The first-order valence-electron chi connectivity index (χ1n) is 11.9. The Labute approximate surface area is 209 Å². The highest BCUT2D eigenvalue weighted by Crippen LogP contribution is 2.40. The van der Waals surface area contributed by atoms with Crippen molar-refractivity contribution in [2.75, 3.05) is 31.1 Å². The van der Waals surface area contributed by atoms with E-state index in [-0.39, 0.29) is 17.8 Å². The highest BCUT2D eigenvalue weighted by molar-refractivity contribution is 6.30. The molecular weight excluding hydrogens is 464 g/mol. The number of esters is 1. The molecule has 2 heterocycles. The van der Waals surface area contributed by atoms with Crippen molar-refractivity contribution in [2.24, 2.45) is 0 Å². The second-order valence-corrected chi connectivity index (χ2v) is 9.45. The summed E-state index contributed by atoms with van der Waals surface area (Å²) in [5, 5.41) is 0.686. The maximum absolute atomic E-state index is 12.9. The number of nitrogens with zero attached hydrogens (tertiary/aromatic N) is 4. The van der Waals surface area contributed by atoms with Crippen LogP contribution in [0, 0.1) is 0 Å². The van der Waals surface area contributed by atoms with Crippen LogP contribution in [0.25, 0.3) is 0 Å². The van der Waals surface area contributed by atoms with E-state index < -0.39 is 6.10 Å². The molecule has 2 aromatic carbocycles. The van der Waals surface area contributed by atoms with E-state index in [2.05, 4.69) is 9.88 Å². The summed E-state index contributed by atoms with van der Waals surface area (Å²) in [7, 11) is 0. The van der Waals surface area contributed by atoms with Crippen molar-refractivity contribution in [3.8, 4) is 0 Å². The lowest BCUT2D eigenvalue weighted by molar-refractivity contribution is -0.129. The van der Waals surface area contributed by atoms with E-state index in [0.29, 0.717) is 49.1 Å². The zero-order valence-corrected chi connectivity index (χ0v) is 20.3. The van der Waals surface area contributed by atoms with Gasteiger partial charge >= 0.3 is 5.97 Å². The Hall–Kier alpha value is -3.45. The maximum Gasteiger partial charge on any atom is 0.338 e. The summed E-state index contributed by atoms with van der Waals surface area (Å²) < 4.78 is 6.00. The summed E-state index contributed by atoms with van der Waals surface area (Å²) >= 11 is 6.11. The molecule has 1 fully saturated rings. The number of carbonyl (C=O) groups is 2. The van der Waals surface area contributed by atoms with Crippen molar-refractivity contribution in [3.63, 3.8) is 0 Å². The van der Waals surface area contributed by atoms with Crippen LogP contribution in [0.3, 0.4) is 0 Å². The molecule has 2 unspecified atom stereocenters. The van der Waals surface area contributed by atoms with Gasteiger partial charge in [0.25, 0.3) is 0 Å². The van der Waals surface area contributed by atoms with Crippen LogP contribution >= 0.6 is 11.6 Å². The van der Waals surface area contributed by atoms with Gasteiger partial charge in [-0.15, -0.1) is 0 Å². The quantitative estimate of drug-likeness (QED) is 0.504. The molecule has 1 amide bonds. The van der Waals surface area contributed by atoms with Crippen LogP contribution in [-0.4, -0.2) is 52.9 Å². The molecule has 0 saturated carbocycles. The molecule has 1 aliphatic heterocycles. The van der Waals surface area contributed by atoms with E-state index in [4.69, 9.17) is 21.3 Å². The minimum atomic E-state index is -0.448. The Balaban J connectivity index is 1.42. The molecule has 0 spiro atoms. The highest BCUT2D eigenvalue weighted by Gasteiger charge is 2.33. The minimum absolute atomic E-state index is 0.0879. The number of piperazine rings is 1. The van der Waals surface area contributed by atoms with E-state index in [0.717, 1.165) is 23.2 Å². The molecule has 180 valence electrons. The number of carbonyl (C=O) groups excluding carboxylic acids is 2. The third-order valence-corrected chi connectivity index (χ3v) is 7.03. The fourth-order valence-corrected chi connectivity index (χ4v) is 4.92. The Kier molecular flexibility index (Phi) is 6.68. The summed E-state index contributed by atoms with van der Waals surface area (Å²) in [5.74, 6) is 0.509. The molecule has 1 aromatic heterocycles. The van der Waals surface area contributed by atoms with Crippen molar-refractivity contribution in [3.05, 3.63) is 88.2 Å². The van der Waals surface area contributed by atoms with Crippen LogP contribution in [0.15, 0.2) is 60.8 Å². The van der Waals surface area contributed by atoms with E-state index >= 15 is 0 Å². The maximum atomic E-state index is 12.9. The molecule has 7 nitrogen and oxygen atoms in total. The van der Waals surface area contributed by atoms with Crippen molar-refractivity contribution in [1.29, 1.82) is 0 Å². The molecule has 8 heteroatoms. The van der Waals surface area contributed by atoms with Crippen molar-refractivity contribution in [1.82, 2.24) is 14.9 Å². The lowest BCUT2D eigenvalue weighted by Crippen LogP contribution is -2.48. The molecule has 2 aliphatic rings. The van der Waals surface area contributed by atoms with Gasteiger partial charge in [-0.25, -0.2) is 14.8 Å². The first-order valence-corrected chi connectivity index (χ1v) is 12.2. The van der Waals surface area contributed by atoms with Gasteiger partial charge in [0.2, 0.25) is 11.9 Å². The number of hydrogen-bond donors (Lipinski definition) is 0. The van der Waals surface area contributed by atoms with Gasteiger partial charge < -0.3 is 14.5 Å². The van der Waals surface area contributed by atoms with Gasteiger partial charge in [0.05, 0.1) is 11.3 Å². The standard InChI is InChI=1S/C27H27ClN4O3/c1-18(33)31-11-13-32(14-12-31)27-29-17-23-24(30-27)15-21(19-7-9-22(28)10-8-19)16-25(23)35-26(34)20-5-3-2-4-6-20/h2-10,17,21,25H,11-16H2,1H3. The Morgan fingerprint density at radius 3 is 2.40 bits per heavy atom. The molecule has 2 atom stereocenters. The second-order valence-electron chi connectivity index (χ2n) is 9.01. The number of fused-ring (bicyclic) bond motifs is 1. The van der Waals surface area contributed by atoms with E-state index in [1.165, 1.54) is 0 Å². The van der Waals surface area contributed by atoms with Gasteiger partial charge in [0.1, 0.15) is 6.10 Å². The molecule has 1 aliphatic carbocycles. The van der Waals surface area contributed by atoms with E-state index in [9.17, 15) is 9.59 Å². The summed E-state index contributed by atoms with van der Waals surface area (Å²) in [6.07, 6.45) is 2.72.